The highest BCUT2D eigenvalue weighted by molar-refractivity contribution is 5.93. The third kappa shape index (κ3) is 5.62. The Morgan fingerprint density at radius 1 is 1.19 bits per heavy atom. The van der Waals surface area contributed by atoms with Gasteiger partial charge in [0.05, 0.1) is 25.3 Å². The Labute approximate surface area is 206 Å². The molecule has 1 aromatic heterocycles. The topological polar surface area (TPSA) is 117 Å². The lowest BCUT2D eigenvalue weighted by Crippen LogP contribution is -2.27. The molecule has 0 spiro atoms. The number of ether oxygens (including phenoxy) is 2. The fourth-order valence-electron chi connectivity index (χ4n) is 4.41. The molecule has 1 saturated carbocycles. The minimum Gasteiger partial charge on any atom is -0.494 e. The van der Waals surface area contributed by atoms with E-state index >= 15 is 0 Å². The van der Waals surface area contributed by atoms with Crippen molar-refractivity contribution >= 4 is 16.8 Å². The maximum atomic E-state index is 14.6. The number of nitriles is 1. The molecule has 10 heteroatoms. The quantitative estimate of drug-likeness (QED) is 0.482. The summed E-state index contributed by atoms with van der Waals surface area (Å²) in [4.78, 5) is 32.0. The molecule has 8 nitrogen and oxygen atoms in total. The van der Waals surface area contributed by atoms with E-state index in [2.05, 4.69) is 21.4 Å². The van der Waals surface area contributed by atoms with Crippen LogP contribution in [0.3, 0.4) is 0 Å². The van der Waals surface area contributed by atoms with Gasteiger partial charge >= 0.3 is 0 Å². The normalized spacial score (nSPS) is 17.4. The van der Waals surface area contributed by atoms with Gasteiger partial charge in [-0.2, -0.15) is 5.26 Å². The molecule has 0 bridgehead atoms. The fraction of sp³-hybridized carbons (Fsp3) is 0.385. The van der Waals surface area contributed by atoms with E-state index in [1.165, 1.54) is 31.4 Å². The summed E-state index contributed by atoms with van der Waals surface area (Å²) in [7, 11) is 1.34. The zero-order valence-corrected chi connectivity index (χ0v) is 19.8. The molecule has 0 saturated heterocycles. The first-order valence-corrected chi connectivity index (χ1v) is 11.7. The lowest BCUT2D eigenvalue weighted by molar-refractivity contribution is 0.0940. The van der Waals surface area contributed by atoms with E-state index < -0.39 is 23.1 Å². The van der Waals surface area contributed by atoms with Crippen LogP contribution in [0.2, 0.25) is 0 Å². The molecular weight excluding hydrogens is 470 g/mol. The summed E-state index contributed by atoms with van der Waals surface area (Å²) in [5.74, 6) is -1.77. The number of aromatic nitrogens is 2. The SMILES string of the molecule is COc1cc(CNC(=O)c2nc3ccc(F)c(OCCC4CCC(C#N)CC4)c3c(=O)[nH]2)ccc1F. The van der Waals surface area contributed by atoms with Crippen LogP contribution in [0.15, 0.2) is 35.1 Å². The Kier molecular flexibility index (Phi) is 7.78. The van der Waals surface area contributed by atoms with Crippen molar-refractivity contribution in [3.8, 4) is 17.6 Å². The molecule has 1 aliphatic carbocycles. The molecule has 0 atom stereocenters. The number of rotatable bonds is 8. The van der Waals surface area contributed by atoms with Gasteiger partial charge in [0, 0.05) is 12.5 Å². The molecule has 188 valence electrons. The number of hydrogen-bond acceptors (Lipinski definition) is 6. The Bertz CT molecular complexity index is 1360. The largest absolute Gasteiger partial charge is 0.494 e. The predicted octanol–water partition coefficient (Wildman–Crippen LogP) is 4.24. The summed E-state index contributed by atoms with van der Waals surface area (Å²) >= 11 is 0. The summed E-state index contributed by atoms with van der Waals surface area (Å²) in [6.45, 7) is 0.270. The molecule has 2 aromatic carbocycles. The number of fused-ring (bicyclic) bond motifs is 1. The number of amides is 1. The third-order valence-electron chi connectivity index (χ3n) is 6.46. The highest BCUT2D eigenvalue weighted by Crippen LogP contribution is 2.31. The number of H-pyrrole nitrogens is 1. The average molecular weight is 497 g/mol. The van der Waals surface area contributed by atoms with Crippen molar-refractivity contribution < 1.29 is 23.0 Å². The van der Waals surface area contributed by atoms with Crippen LogP contribution in [-0.2, 0) is 6.54 Å². The molecule has 1 amide bonds. The second kappa shape index (κ2) is 11.2. The minimum absolute atomic E-state index is 0.0448. The van der Waals surface area contributed by atoms with Crippen molar-refractivity contribution in [3.63, 3.8) is 0 Å². The predicted molar refractivity (Wildman–Crippen MR) is 128 cm³/mol. The van der Waals surface area contributed by atoms with Gasteiger partial charge in [-0.3, -0.25) is 9.59 Å². The van der Waals surface area contributed by atoms with Crippen molar-refractivity contribution in [1.82, 2.24) is 15.3 Å². The van der Waals surface area contributed by atoms with Gasteiger partial charge in [-0.15, -0.1) is 0 Å². The number of hydrogen-bond donors (Lipinski definition) is 2. The maximum Gasteiger partial charge on any atom is 0.287 e. The van der Waals surface area contributed by atoms with Crippen LogP contribution in [0.1, 0.15) is 48.3 Å². The highest BCUT2D eigenvalue weighted by atomic mass is 19.1. The third-order valence-corrected chi connectivity index (χ3v) is 6.46. The van der Waals surface area contributed by atoms with Gasteiger partial charge in [-0.05, 0) is 67.9 Å². The van der Waals surface area contributed by atoms with Crippen molar-refractivity contribution in [1.29, 1.82) is 5.26 Å². The van der Waals surface area contributed by atoms with Crippen LogP contribution >= 0.6 is 0 Å². The molecule has 1 fully saturated rings. The number of nitrogens with zero attached hydrogens (tertiary/aromatic N) is 2. The van der Waals surface area contributed by atoms with Crippen molar-refractivity contribution in [2.75, 3.05) is 13.7 Å². The smallest absolute Gasteiger partial charge is 0.287 e. The Hall–Kier alpha value is -4.00. The van der Waals surface area contributed by atoms with Crippen molar-refractivity contribution in [2.24, 2.45) is 11.8 Å². The van der Waals surface area contributed by atoms with E-state index in [4.69, 9.17) is 14.7 Å². The molecule has 0 aliphatic heterocycles. The summed E-state index contributed by atoms with van der Waals surface area (Å²) < 4.78 is 38.8. The lowest BCUT2D eigenvalue weighted by Gasteiger charge is -2.24. The molecule has 2 N–H and O–H groups in total. The van der Waals surface area contributed by atoms with Gasteiger partial charge in [0.15, 0.2) is 29.0 Å². The summed E-state index contributed by atoms with van der Waals surface area (Å²) in [5, 5.41) is 11.6. The Morgan fingerprint density at radius 2 is 1.94 bits per heavy atom. The number of benzene rings is 2. The van der Waals surface area contributed by atoms with E-state index in [0.29, 0.717) is 17.9 Å². The van der Waals surface area contributed by atoms with E-state index in [9.17, 15) is 18.4 Å². The van der Waals surface area contributed by atoms with Crippen LogP contribution in [0.25, 0.3) is 10.9 Å². The highest BCUT2D eigenvalue weighted by Gasteiger charge is 2.22. The molecule has 0 unspecified atom stereocenters. The molecular formula is C26H26F2N4O4. The van der Waals surface area contributed by atoms with E-state index in [1.54, 1.807) is 0 Å². The van der Waals surface area contributed by atoms with Crippen LogP contribution in [0, 0.1) is 34.8 Å². The number of nitrogens with one attached hydrogen (secondary N) is 2. The zero-order chi connectivity index (χ0) is 25.7. The van der Waals surface area contributed by atoms with E-state index in [-0.39, 0.29) is 47.3 Å². The molecule has 4 rings (SSSR count). The maximum absolute atomic E-state index is 14.6. The standard InChI is InChI=1S/C26H26F2N4O4/c1-35-21-12-17(6-7-18(21)27)14-30-26(34)24-31-20-9-8-19(28)23(22(20)25(33)32-24)36-11-10-15-2-4-16(13-29)5-3-15/h6-9,12,15-16H,2-5,10-11,14H2,1H3,(H,30,34)(H,31,32,33). The number of methoxy groups -OCH3 is 1. The number of halogens is 2. The second-order valence-electron chi connectivity index (χ2n) is 8.82. The number of aromatic amines is 1. The van der Waals surface area contributed by atoms with Gasteiger partial charge < -0.3 is 19.8 Å². The average Bonchev–Trinajstić information content (AvgIpc) is 2.89. The van der Waals surface area contributed by atoms with Crippen LogP contribution in [-0.4, -0.2) is 29.6 Å². The van der Waals surface area contributed by atoms with Crippen LogP contribution < -0.4 is 20.3 Å². The summed E-state index contributed by atoms with van der Waals surface area (Å²) in [6.07, 6.45) is 4.24. The molecule has 36 heavy (non-hydrogen) atoms. The Balaban J connectivity index is 1.45. The van der Waals surface area contributed by atoms with E-state index in [0.717, 1.165) is 31.7 Å². The number of carbonyl (C=O) groups is 1. The van der Waals surface area contributed by atoms with Gasteiger partial charge in [0.1, 0.15) is 5.39 Å². The van der Waals surface area contributed by atoms with Gasteiger partial charge in [0.25, 0.3) is 11.5 Å². The monoisotopic (exact) mass is 496 g/mol. The fourth-order valence-corrected chi connectivity index (χ4v) is 4.41. The molecule has 0 radical (unpaired) electrons. The summed E-state index contributed by atoms with van der Waals surface area (Å²) in [6, 6.07) is 8.94. The van der Waals surface area contributed by atoms with Crippen molar-refractivity contribution in [3.05, 3.63) is 63.7 Å². The molecule has 3 aromatic rings. The van der Waals surface area contributed by atoms with E-state index in [1.807, 2.05) is 0 Å². The minimum atomic E-state index is -0.697. The van der Waals surface area contributed by atoms with Crippen LogP contribution in [0.4, 0.5) is 8.78 Å². The molecule has 1 aliphatic rings. The van der Waals surface area contributed by atoms with Crippen LogP contribution in [0.5, 0.6) is 11.5 Å². The van der Waals surface area contributed by atoms with Gasteiger partial charge in [0.2, 0.25) is 0 Å². The first-order valence-electron chi connectivity index (χ1n) is 11.7. The van der Waals surface area contributed by atoms with Gasteiger partial charge in [-0.1, -0.05) is 6.07 Å². The zero-order valence-electron chi connectivity index (χ0n) is 19.8. The summed E-state index contributed by atoms with van der Waals surface area (Å²) in [5.41, 5.74) is 0.0134. The first-order chi connectivity index (χ1) is 17.4. The molecule has 1 heterocycles. The lowest BCUT2D eigenvalue weighted by atomic mass is 9.81. The number of carbonyl (C=O) groups excluding carboxylic acids is 1. The van der Waals surface area contributed by atoms with Crippen molar-refractivity contribution in [2.45, 2.75) is 38.6 Å². The second-order valence-corrected chi connectivity index (χ2v) is 8.82. The van der Waals surface area contributed by atoms with Gasteiger partial charge in [-0.25, -0.2) is 13.8 Å². The Morgan fingerprint density at radius 3 is 2.67 bits per heavy atom. The first kappa shape index (κ1) is 25.1.